The molecule has 166 valence electrons. The lowest BCUT2D eigenvalue weighted by Crippen LogP contribution is -2.24. The maximum absolute atomic E-state index is 13.7. The van der Waals surface area contributed by atoms with Crippen LogP contribution in [0.5, 0.6) is 0 Å². The Labute approximate surface area is 181 Å². The topological polar surface area (TPSA) is 59.0 Å². The zero-order chi connectivity index (χ0) is 22.2. The average molecular weight is 429 g/mol. The molecule has 0 atom stereocenters. The standard InChI is InChI=1S/C24H30F2N4O/c1-3-12-30-22-11-8-17(15-27-4-2)13-21(22)29-23(30)16-28-24(31)7-5-6-18-14-19(25)9-10-20(18)26/h8-11,13-14,27H,3-7,12,15-16H2,1-2H3,(H,28,31). The van der Waals surface area contributed by atoms with Gasteiger partial charge in [0, 0.05) is 19.5 Å². The Bertz CT molecular complexity index is 1030. The molecule has 0 saturated carbocycles. The minimum absolute atomic E-state index is 0.125. The Hall–Kier alpha value is -2.80. The number of rotatable bonds is 11. The first-order valence-electron chi connectivity index (χ1n) is 10.9. The van der Waals surface area contributed by atoms with E-state index in [1.807, 2.05) is 0 Å². The molecule has 0 spiro atoms. The summed E-state index contributed by atoms with van der Waals surface area (Å²) >= 11 is 0. The molecular formula is C24H30F2N4O. The SMILES string of the molecule is CCCn1c(CNC(=O)CCCc2cc(F)ccc2F)nc2cc(CNCC)ccc21. The van der Waals surface area contributed by atoms with Gasteiger partial charge in [-0.25, -0.2) is 13.8 Å². The van der Waals surface area contributed by atoms with E-state index in [1.54, 1.807) is 0 Å². The summed E-state index contributed by atoms with van der Waals surface area (Å²) in [5.74, 6) is -0.213. The molecule has 3 aromatic rings. The number of aryl methyl sites for hydroxylation is 2. The minimum atomic E-state index is -0.468. The average Bonchev–Trinajstić information content (AvgIpc) is 3.10. The van der Waals surface area contributed by atoms with Crippen LogP contribution in [0.4, 0.5) is 8.78 Å². The highest BCUT2D eigenvalue weighted by atomic mass is 19.1. The molecular weight excluding hydrogens is 398 g/mol. The maximum atomic E-state index is 13.7. The molecule has 0 radical (unpaired) electrons. The number of hydrogen-bond acceptors (Lipinski definition) is 3. The van der Waals surface area contributed by atoms with E-state index in [1.165, 1.54) is 11.6 Å². The van der Waals surface area contributed by atoms with Gasteiger partial charge >= 0.3 is 0 Å². The van der Waals surface area contributed by atoms with E-state index >= 15 is 0 Å². The number of carbonyl (C=O) groups is 1. The van der Waals surface area contributed by atoms with Crippen molar-refractivity contribution in [3.8, 4) is 0 Å². The molecule has 2 aromatic carbocycles. The van der Waals surface area contributed by atoms with Gasteiger partial charge in [-0.05, 0) is 67.3 Å². The molecule has 2 N–H and O–H groups in total. The first-order chi connectivity index (χ1) is 15.0. The van der Waals surface area contributed by atoms with Gasteiger partial charge < -0.3 is 15.2 Å². The second-order valence-corrected chi connectivity index (χ2v) is 7.65. The second kappa shape index (κ2) is 11.0. The smallest absolute Gasteiger partial charge is 0.220 e. The van der Waals surface area contributed by atoms with Crippen molar-refractivity contribution >= 4 is 16.9 Å². The van der Waals surface area contributed by atoms with E-state index in [-0.39, 0.29) is 12.3 Å². The van der Waals surface area contributed by atoms with Crippen LogP contribution in [-0.2, 0) is 30.8 Å². The fourth-order valence-corrected chi connectivity index (χ4v) is 3.65. The molecule has 5 nitrogen and oxygen atoms in total. The number of hydrogen-bond donors (Lipinski definition) is 2. The molecule has 0 aliphatic heterocycles. The third kappa shape index (κ3) is 6.10. The van der Waals surface area contributed by atoms with E-state index in [4.69, 9.17) is 4.98 Å². The monoisotopic (exact) mass is 428 g/mol. The van der Waals surface area contributed by atoms with Crippen LogP contribution in [0.3, 0.4) is 0 Å². The Morgan fingerprint density at radius 3 is 2.71 bits per heavy atom. The van der Waals surface area contributed by atoms with Crippen LogP contribution < -0.4 is 10.6 Å². The lowest BCUT2D eigenvalue weighted by atomic mass is 10.1. The highest BCUT2D eigenvalue weighted by Gasteiger charge is 2.12. The van der Waals surface area contributed by atoms with Crippen molar-refractivity contribution in [2.24, 2.45) is 0 Å². The molecule has 0 aliphatic rings. The molecule has 7 heteroatoms. The summed E-state index contributed by atoms with van der Waals surface area (Å²) in [6, 6.07) is 9.67. The van der Waals surface area contributed by atoms with Crippen molar-refractivity contribution in [3.05, 3.63) is 65.0 Å². The Balaban J connectivity index is 1.60. The molecule has 0 fully saturated rings. The first-order valence-corrected chi connectivity index (χ1v) is 10.9. The van der Waals surface area contributed by atoms with E-state index in [0.717, 1.165) is 55.0 Å². The molecule has 31 heavy (non-hydrogen) atoms. The predicted molar refractivity (Wildman–Crippen MR) is 119 cm³/mol. The van der Waals surface area contributed by atoms with E-state index in [2.05, 4.69) is 47.2 Å². The highest BCUT2D eigenvalue weighted by molar-refractivity contribution is 5.78. The van der Waals surface area contributed by atoms with Crippen molar-refractivity contribution < 1.29 is 13.6 Å². The Kier molecular flexibility index (Phi) is 8.12. The molecule has 0 aliphatic carbocycles. The lowest BCUT2D eigenvalue weighted by Gasteiger charge is -2.09. The second-order valence-electron chi connectivity index (χ2n) is 7.65. The molecule has 0 unspecified atom stereocenters. The fourth-order valence-electron chi connectivity index (χ4n) is 3.65. The minimum Gasteiger partial charge on any atom is -0.349 e. The van der Waals surface area contributed by atoms with Crippen molar-refractivity contribution in [2.75, 3.05) is 6.54 Å². The number of fused-ring (bicyclic) bond motifs is 1. The van der Waals surface area contributed by atoms with Gasteiger partial charge in [0.15, 0.2) is 0 Å². The summed E-state index contributed by atoms with van der Waals surface area (Å²) in [6.45, 7) is 7.05. The molecule has 3 rings (SSSR count). The number of amides is 1. The van der Waals surface area contributed by atoms with Gasteiger partial charge in [-0.1, -0.05) is 19.9 Å². The molecule has 1 heterocycles. The third-order valence-corrected chi connectivity index (χ3v) is 5.22. The number of benzene rings is 2. The number of imidazole rings is 1. The third-order valence-electron chi connectivity index (χ3n) is 5.22. The summed E-state index contributed by atoms with van der Waals surface area (Å²) in [5, 5.41) is 6.24. The van der Waals surface area contributed by atoms with Crippen LogP contribution >= 0.6 is 0 Å². The summed E-state index contributed by atoms with van der Waals surface area (Å²) in [4.78, 5) is 17.0. The van der Waals surface area contributed by atoms with Crippen LogP contribution in [0.25, 0.3) is 11.0 Å². The molecule has 1 aromatic heterocycles. The van der Waals surface area contributed by atoms with E-state index < -0.39 is 11.6 Å². The lowest BCUT2D eigenvalue weighted by molar-refractivity contribution is -0.121. The van der Waals surface area contributed by atoms with Gasteiger partial charge in [0.1, 0.15) is 17.5 Å². The van der Waals surface area contributed by atoms with Gasteiger partial charge in [-0.3, -0.25) is 4.79 Å². The van der Waals surface area contributed by atoms with Gasteiger partial charge in [-0.15, -0.1) is 0 Å². The Morgan fingerprint density at radius 1 is 1.10 bits per heavy atom. The quantitative estimate of drug-likeness (QED) is 0.474. The number of aromatic nitrogens is 2. The number of halogens is 2. The predicted octanol–water partition coefficient (Wildman–Crippen LogP) is 4.47. The highest BCUT2D eigenvalue weighted by Crippen LogP contribution is 2.19. The Morgan fingerprint density at radius 2 is 1.94 bits per heavy atom. The van der Waals surface area contributed by atoms with Crippen molar-refractivity contribution in [1.29, 1.82) is 0 Å². The van der Waals surface area contributed by atoms with Crippen LogP contribution in [0, 0.1) is 11.6 Å². The summed E-state index contributed by atoms with van der Waals surface area (Å²) in [5.41, 5.74) is 3.46. The molecule has 0 saturated heterocycles. The summed E-state index contributed by atoms with van der Waals surface area (Å²) in [6.07, 6.45) is 1.98. The van der Waals surface area contributed by atoms with Gasteiger partial charge in [0.2, 0.25) is 5.91 Å². The largest absolute Gasteiger partial charge is 0.349 e. The zero-order valence-electron chi connectivity index (χ0n) is 18.2. The first kappa shape index (κ1) is 22.9. The number of nitrogens with zero attached hydrogens (tertiary/aromatic N) is 2. The molecule has 1 amide bonds. The zero-order valence-corrected chi connectivity index (χ0v) is 18.2. The maximum Gasteiger partial charge on any atom is 0.220 e. The summed E-state index contributed by atoms with van der Waals surface area (Å²) in [7, 11) is 0. The van der Waals surface area contributed by atoms with Crippen LogP contribution in [0.2, 0.25) is 0 Å². The van der Waals surface area contributed by atoms with Crippen molar-refractivity contribution in [3.63, 3.8) is 0 Å². The number of nitrogens with one attached hydrogen (secondary N) is 2. The van der Waals surface area contributed by atoms with Crippen LogP contribution in [0.15, 0.2) is 36.4 Å². The fraction of sp³-hybridized carbons (Fsp3) is 0.417. The van der Waals surface area contributed by atoms with Crippen LogP contribution in [-0.4, -0.2) is 22.0 Å². The molecule has 0 bridgehead atoms. The van der Waals surface area contributed by atoms with Crippen molar-refractivity contribution in [1.82, 2.24) is 20.2 Å². The van der Waals surface area contributed by atoms with Crippen LogP contribution in [0.1, 0.15) is 50.1 Å². The van der Waals surface area contributed by atoms with Gasteiger partial charge in [0.05, 0.1) is 17.6 Å². The van der Waals surface area contributed by atoms with E-state index in [9.17, 15) is 13.6 Å². The van der Waals surface area contributed by atoms with Gasteiger partial charge in [-0.2, -0.15) is 0 Å². The summed E-state index contributed by atoms with van der Waals surface area (Å²) < 4.78 is 29.1. The number of carbonyl (C=O) groups excluding carboxylic acids is 1. The van der Waals surface area contributed by atoms with Gasteiger partial charge in [0.25, 0.3) is 0 Å². The van der Waals surface area contributed by atoms with Crippen molar-refractivity contribution in [2.45, 2.75) is 59.2 Å². The normalized spacial score (nSPS) is 11.2. The van der Waals surface area contributed by atoms with E-state index in [0.29, 0.717) is 24.9 Å².